The summed E-state index contributed by atoms with van der Waals surface area (Å²) < 4.78 is 11.1. The van der Waals surface area contributed by atoms with Crippen LogP contribution < -0.4 is 5.32 Å². The number of nitrogens with one attached hydrogen (secondary N) is 1. The molecule has 0 aliphatic carbocycles. The number of hydrogen-bond acceptors (Lipinski definition) is 6. The highest BCUT2D eigenvalue weighted by Crippen LogP contribution is 2.35. The van der Waals surface area contributed by atoms with E-state index in [1.165, 1.54) is 11.8 Å². The van der Waals surface area contributed by atoms with E-state index in [-0.39, 0.29) is 18.3 Å². The first-order valence-electron chi connectivity index (χ1n) is 10.5. The van der Waals surface area contributed by atoms with Gasteiger partial charge >= 0.3 is 5.97 Å². The lowest BCUT2D eigenvalue weighted by molar-refractivity contribution is -0.113. The first-order valence-corrected chi connectivity index (χ1v) is 11.4. The summed E-state index contributed by atoms with van der Waals surface area (Å²) in [5.74, 6) is -0.0382. The predicted octanol–water partition coefficient (Wildman–Crippen LogP) is 5.92. The van der Waals surface area contributed by atoms with E-state index in [1.807, 2.05) is 60.7 Å². The van der Waals surface area contributed by atoms with Gasteiger partial charge in [-0.05, 0) is 19.1 Å². The summed E-state index contributed by atoms with van der Waals surface area (Å²) in [5.41, 5.74) is 3.27. The van der Waals surface area contributed by atoms with Crippen molar-refractivity contribution in [2.45, 2.75) is 12.1 Å². The van der Waals surface area contributed by atoms with Gasteiger partial charge in [0.2, 0.25) is 5.91 Å². The highest BCUT2D eigenvalue weighted by atomic mass is 32.2. The smallest absolute Gasteiger partial charge is 0.340 e. The summed E-state index contributed by atoms with van der Waals surface area (Å²) in [6, 6.07) is 26.3. The van der Waals surface area contributed by atoms with Gasteiger partial charge in [0.05, 0.1) is 23.6 Å². The number of amides is 1. The molecular formula is C26H22N2O4S. The molecule has 0 fully saturated rings. The minimum atomic E-state index is -0.478. The molecule has 0 saturated heterocycles. The van der Waals surface area contributed by atoms with Crippen LogP contribution in [0.5, 0.6) is 0 Å². The topological polar surface area (TPSA) is 81.4 Å². The lowest BCUT2D eigenvalue weighted by atomic mass is 10.1. The Balaban J connectivity index is 1.51. The quantitative estimate of drug-likeness (QED) is 0.261. The molecule has 0 saturated carbocycles. The van der Waals surface area contributed by atoms with Crippen LogP contribution in [0.25, 0.3) is 22.6 Å². The van der Waals surface area contributed by atoms with Gasteiger partial charge in [-0.1, -0.05) is 84.6 Å². The molecule has 4 aromatic rings. The standard InChI is InChI=1S/C26H22N2O4S/c1-2-31-25(30)20-15-9-10-16-21(20)27-22(29)17-33-26-28-23(18-11-5-3-6-12-18)24(32-26)19-13-7-4-8-14-19/h3-16H,2,17H2,1H3,(H,27,29). The summed E-state index contributed by atoms with van der Waals surface area (Å²) >= 11 is 1.19. The largest absolute Gasteiger partial charge is 0.462 e. The Morgan fingerprint density at radius 1 is 0.909 bits per heavy atom. The number of carbonyl (C=O) groups excluding carboxylic acids is 2. The molecule has 4 rings (SSSR count). The number of nitrogens with zero attached hydrogens (tertiary/aromatic N) is 1. The number of thioether (sulfide) groups is 1. The maximum Gasteiger partial charge on any atom is 0.340 e. The van der Waals surface area contributed by atoms with Crippen LogP contribution in [0.2, 0.25) is 0 Å². The Morgan fingerprint density at radius 3 is 2.24 bits per heavy atom. The lowest BCUT2D eigenvalue weighted by Gasteiger charge is -2.09. The summed E-state index contributed by atoms with van der Waals surface area (Å²) in [5, 5.41) is 3.17. The molecule has 1 amide bonds. The van der Waals surface area contributed by atoms with Crippen LogP contribution in [-0.2, 0) is 9.53 Å². The van der Waals surface area contributed by atoms with E-state index >= 15 is 0 Å². The van der Waals surface area contributed by atoms with Gasteiger partial charge in [-0.25, -0.2) is 9.78 Å². The number of rotatable bonds is 8. The molecule has 166 valence electrons. The average molecular weight is 459 g/mol. The van der Waals surface area contributed by atoms with Gasteiger partial charge < -0.3 is 14.5 Å². The number of anilines is 1. The van der Waals surface area contributed by atoms with Gasteiger partial charge in [0, 0.05) is 11.1 Å². The lowest BCUT2D eigenvalue weighted by Crippen LogP contribution is -2.17. The minimum Gasteiger partial charge on any atom is -0.462 e. The molecule has 7 heteroatoms. The maximum atomic E-state index is 12.6. The van der Waals surface area contributed by atoms with Gasteiger partial charge in [-0.3, -0.25) is 4.79 Å². The number of ether oxygens (including phenoxy) is 1. The summed E-state index contributed by atoms with van der Waals surface area (Å²) in [6.07, 6.45) is 0. The maximum absolute atomic E-state index is 12.6. The molecule has 6 nitrogen and oxygen atoms in total. The molecule has 0 bridgehead atoms. The van der Waals surface area contributed by atoms with Gasteiger partial charge in [0.25, 0.3) is 5.22 Å². The Morgan fingerprint density at radius 2 is 1.55 bits per heavy atom. The monoisotopic (exact) mass is 458 g/mol. The molecule has 0 radical (unpaired) electrons. The molecule has 0 atom stereocenters. The van der Waals surface area contributed by atoms with Crippen molar-refractivity contribution < 1.29 is 18.7 Å². The van der Waals surface area contributed by atoms with Crippen LogP contribution in [0.3, 0.4) is 0 Å². The highest BCUT2D eigenvalue weighted by Gasteiger charge is 2.19. The van der Waals surface area contributed by atoms with Crippen LogP contribution in [0.4, 0.5) is 5.69 Å². The summed E-state index contributed by atoms with van der Waals surface area (Å²) in [6.45, 7) is 1.99. The van der Waals surface area contributed by atoms with Gasteiger partial charge in [0.15, 0.2) is 5.76 Å². The third-order valence-corrected chi connectivity index (χ3v) is 5.54. The van der Waals surface area contributed by atoms with Gasteiger partial charge in [-0.2, -0.15) is 0 Å². The van der Waals surface area contributed by atoms with Crippen molar-refractivity contribution in [2.24, 2.45) is 0 Å². The van der Waals surface area contributed by atoms with Crippen LogP contribution in [0, 0.1) is 0 Å². The second-order valence-electron chi connectivity index (χ2n) is 6.99. The van der Waals surface area contributed by atoms with Crippen molar-refractivity contribution >= 4 is 29.3 Å². The van der Waals surface area contributed by atoms with Gasteiger partial charge in [-0.15, -0.1) is 0 Å². The van der Waals surface area contributed by atoms with E-state index in [9.17, 15) is 9.59 Å². The van der Waals surface area contributed by atoms with Crippen molar-refractivity contribution in [3.63, 3.8) is 0 Å². The molecule has 0 aliphatic heterocycles. The molecule has 3 aromatic carbocycles. The van der Waals surface area contributed by atoms with Gasteiger partial charge in [0.1, 0.15) is 5.69 Å². The van der Waals surface area contributed by atoms with Crippen molar-refractivity contribution in [3.8, 4) is 22.6 Å². The van der Waals surface area contributed by atoms with E-state index in [0.29, 0.717) is 22.2 Å². The Kier molecular flexibility index (Phi) is 7.22. The Labute approximate surface area is 196 Å². The third-order valence-electron chi connectivity index (χ3n) is 4.71. The molecule has 1 heterocycles. The number of hydrogen-bond donors (Lipinski definition) is 1. The number of aromatic nitrogens is 1. The molecule has 0 aliphatic rings. The highest BCUT2D eigenvalue weighted by molar-refractivity contribution is 7.99. The fourth-order valence-corrected chi connectivity index (χ4v) is 3.86. The van der Waals surface area contributed by atoms with E-state index in [4.69, 9.17) is 9.15 Å². The number of oxazole rings is 1. The molecular weight excluding hydrogens is 436 g/mol. The second kappa shape index (κ2) is 10.7. The number of benzene rings is 3. The second-order valence-corrected chi connectivity index (χ2v) is 7.92. The zero-order valence-electron chi connectivity index (χ0n) is 18.0. The Hall–Kier alpha value is -3.84. The van der Waals surface area contributed by atoms with Crippen molar-refractivity contribution in [1.29, 1.82) is 0 Å². The average Bonchev–Trinajstić information content (AvgIpc) is 3.29. The van der Waals surface area contributed by atoms with Crippen molar-refractivity contribution in [3.05, 3.63) is 90.5 Å². The van der Waals surface area contributed by atoms with Crippen LogP contribution in [0.1, 0.15) is 17.3 Å². The minimum absolute atomic E-state index is 0.0696. The van der Waals surface area contributed by atoms with Crippen molar-refractivity contribution in [1.82, 2.24) is 4.98 Å². The van der Waals surface area contributed by atoms with E-state index < -0.39 is 5.97 Å². The van der Waals surface area contributed by atoms with Crippen LogP contribution in [0.15, 0.2) is 94.6 Å². The van der Waals surface area contributed by atoms with Crippen molar-refractivity contribution in [2.75, 3.05) is 17.7 Å². The van der Waals surface area contributed by atoms with Crippen LogP contribution in [-0.4, -0.2) is 29.2 Å². The predicted molar refractivity (Wildman–Crippen MR) is 129 cm³/mol. The fraction of sp³-hybridized carbons (Fsp3) is 0.115. The summed E-state index contributed by atoms with van der Waals surface area (Å²) in [7, 11) is 0. The normalized spacial score (nSPS) is 10.6. The SMILES string of the molecule is CCOC(=O)c1ccccc1NC(=O)CSc1nc(-c2ccccc2)c(-c2ccccc2)o1. The van der Waals surface area contributed by atoms with E-state index in [1.54, 1.807) is 31.2 Å². The molecule has 0 spiro atoms. The molecule has 1 aromatic heterocycles. The first-order chi connectivity index (χ1) is 16.2. The molecule has 33 heavy (non-hydrogen) atoms. The zero-order chi connectivity index (χ0) is 23.0. The Bertz CT molecular complexity index is 1180. The van der Waals surface area contributed by atoms with E-state index in [0.717, 1.165) is 16.8 Å². The number of carbonyl (C=O) groups is 2. The fourth-order valence-electron chi connectivity index (χ4n) is 3.23. The molecule has 1 N–H and O–H groups in total. The van der Waals surface area contributed by atoms with E-state index in [2.05, 4.69) is 10.3 Å². The van der Waals surface area contributed by atoms with Crippen LogP contribution >= 0.6 is 11.8 Å². The zero-order valence-corrected chi connectivity index (χ0v) is 18.8. The number of esters is 1. The first kappa shape index (κ1) is 22.4. The number of para-hydroxylation sites is 1. The summed E-state index contributed by atoms with van der Waals surface area (Å²) in [4.78, 5) is 29.4. The molecule has 0 unspecified atom stereocenters. The third kappa shape index (κ3) is 5.51.